The Labute approximate surface area is 163 Å². The van der Waals surface area contributed by atoms with Gasteiger partial charge in [0.25, 0.3) is 0 Å². The molecule has 2 heterocycles. The Kier molecular flexibility index (Phi) is 4.89. The van der Waals surface area contributed by atoms with Crippen molar-refractivity contribution in [3.63, 3.8) is 0 Å². The maximum absolute atomic E-state index is 12.7. The standard InChI is InChI=1S/C20H18O9/c21-7-15-18(25)19(26)20(29-15)28-11-3-1-9(2-4-11)12-8-27-14-6-10(22)5-13(23)16(14)17(12)24/h1-6,8,15,18-23,25-26H,7H2/t15-,18-,19-,20+/m1/s1. The van der Waals surface area contributed by atoms with E-state index in [2.05, 4.69) is 0 Å². The second-order valence-corrected chi connectivity index (χ2v) is 6.67. The molecule has 1 saturated heterocycles. The maximum Gasteiger partial charge on any atom is 0.229 e. The zero-order valence-corrected chi connectivity index (χ0v) is 14.9. The number of hydrogen-bond donors (Lipinski definition) is 5. The zero-order chi connectivity index (χ0) is 20.7. The second kappa shape index (κ2) is 7.37. The minimum atomic E-state index is -1.32. The SMILES string of the molecule is O=c1c(-c2ccc(O[C@H]3O[C@H](CO)[C@@H](O)[C@H]3O)cc2)coc2cc(O)cc(O)c12. The molecule has 0 amide bonds. The summed E-state index contributed by atoms with van der Waals surface area (Å²) in [4.78, 5) is 12.7. The van der Waals surface area contributed by atoms with Gasteiger partial charge in [-0.05, 0) is 17.7 Å². The van der Waals surface area contributed by atoms with Crippen molar-refractivity contribution in [1.29, 1.82) is 0 Å². The van der Waals surface area contributed by atoms with E-state index in [1.807, 2.05) is 0 Å². The highest BCUT2D eigenvalue weighted by atomic mass is 16.7. The van der Waals surface area contributed by atoms with Crippen LogP contribution in [0, 0.1) is 0 Å². The molecule has 0 spiro atoms. The number of aromatic hydroxyl groups is 2. The van der Waals surface area contributed by atoms with Crippen molar-refractivity contribution in [3.8, 4) is 28.4 Å². The van der Waals surface area contributed by atoms with Crippen molar-refractivity contribution in [1.82, 2.24) is 0 Å². The van der Waals surface area contributed by atoms with Gasteiger partial charge in [-0.25, -0.2) is 0 Å². The molecule has 0 bridgehead atoms. The summed E-state index contributed by atoms with van der Waals surface area (Å²) in [5.41, 5.74) is 0.265. The molecule has 0 unspecified atom stereocenters. The van der Waals surface area contributed by atoms with Crippen LogP contribution in [0.2, 0.25) is 0 Å². The van der Waals surface area contributed by atoms with E-state index in [1.54, 1.807) is 12.1 Å². The van der Waals surface area contributed by atoms with Crippen LogP contribution in [0.1, 0.15) is 0 Å². The lowest BCUT2D eigenvalue weighted by Gasteiger charge is -2.17. The molecule has 1 fully saturated rings. The minimum absolute atomic E-state index is 0.0489. The molecular formula is C20H18O9. The van der Waals surface area contributed by atoms with Gasteiger partial charge in [0.2, 0.25) is 11.7 Å². The predicted octanol–water partition coefficient (Wildman–Crippen LogP) is 0.689. The topological polar surface area (TPSA) is 150 Å². The Morgan fingerprint density at radius 1 is 1.03 bits per heavy atom. The van der Waals surface area contributed by atoms with E-state index in [0.29, 0.717) is 11.3 Å². The molecule has 0 saturated carbocycles. The van der Waals surface area contributed by atoms with Crippen LogP contribution in [0.4, 0.5) is 0 Å². The smallest absolute Gasteiger partial charge is 0.229 e. The quantitative estimate of drug-likeness (QED) is 0.425. The number of benzene rings is 2. The summed E-state index contributed by atoms with van der Waals surface area (Å²) in [5, 5.41) is 48.2. The average Bonchev–Trinajstić information content (AvgIpc) is 2.96. The molecule has 9 heteroatoms. The lowest BCUT2D eigenvalue weighted by Crippen LogP contribution is -2.35. The molecule has 152 valence electrons. The van der Waals surface area contributed by atoms with Crippen molar-refractivity contribution in [3.05, 3.63) is 52.9 Å². The molecule has 1 aliphatic rings. The largest absolute Gasteiger partial charge is 0.508 e. The van der Waals surface area contributed by atoms with Gasteiger partial charge in [-0.3, -0.25) is 4.79 Å². The van der Waals surface area contributed by atoms with Crippen LogP contribution in [-0.4, -0.2) is 56.7 Å². The Bertz CT molecular complexity index is 1090. The van der Waals surface area contributed by atoms with Gasteiger partial charge >= 0.3 is 0 Å². The van der Waals surface area contributed by atoms with Gasteiger partial charge in [-0.15, -0.1) is 0 Å². The Morgan fingerprint density at radius 2 is 1.76 bits per heavy atom. The first-order valence-corrected chi connectivity index (χ1v) is 8.76. The summed E-state index contributed by atoms with van der Waals surface area (Å²) in [6.07, 6.45) is -3.45. The van der Waals surface area contributed by atoms with E-state index in [-0.39, 0.29) is 28.0 Å². The number of rotatable bonds is 4. The number of fused-ring (bicyclic) bond motifs is 1. The van der Waals surface area contributed by atoms with Crippen LogP contribution in [0.3, 0.4) is 0 Å². The lowest BCUT2D eigenvalue weighted by atomic mass is 10.0. The Hall–Kier alpha value is -3.11. The normalized spacial score (nSPS) is 24.1. The maximum atomic E-state index is 12.7. The van der Waals surface area contributed by atoms with Gasteiger partial charge in [-0.1, -0.05) is 12.1 Å². The highest BCUT2D eigenvalue weighted by Crippen LogP contribution is 2.30. The molecule has 1 aliphatic heterocycles. The van der Waals surface area contributed by atoms with E-state index in [9.17, 15) is 25.2 Å². The van der Waals surface area contributed by atoms with Crippen LogP contribution in [0.15, 0.2) is 51.9 Å². The molecule has 0 radical (unpaired) electrons. The summed E-state index contributed by atoms with van der Waals surface area (Å²) >= 11 is 0. The number of aliphatic hydroxyl groups is 3. The summed E-state index contributed by atoms with van der Waals surface area (Å²) in [6.45, 7) is -0.459. The number of ether oxygens (including phenoxy) is 2. The summed E-state index contributed by atoms with van der Waals surface area (Å²) in [6, 6.07) is 8.51. The van der Waals surface area contributed by atoms with Crippen LogP contribution in [-0.2, 0) is 4.74 Å². The fourth-order valence-corrected chi connectivity index (χ4v) is 3.23. The first kappa shape index (κ1) is 19.2. The monoisotopic (exact) mass is 402 g/mol. The fraction of sp³-hybridized carbons (Fsp3) is 0.250. The third-order valence-electron chi connectivity index (χ3n) is 4.76. The molecule has 4 rings (SSSR count). The van der Waals surface area contributed by atoms with Crippen molar-refractivity contribution < 1.29 is 39.4 Å². The van der Waals surface area contributed by atoms with Crippen LogP contribution < -0.4 is 10.2 Å². The molecule has 29 heavy (non-hydrogen) atoms. The van der Waals surface area contributed by atoms with Crippen LogP contribution >= 0.6 is 0 Å². The molecule has 1 aromatic heterocycles. The van der Waals surface area contributed by atoms with Gasteiger partial charge in [-0.2, -0.15) is 0 Å². The highest BCUT2D eigenvalue weighted by Gasteiger charge is 2.43. The summed E-state index contributed by atoms with van der Waals surface area (Å²) in [7, 11) is 0. The van der Waals surface area contributed by atoms with E-state index < -0.39 is 36.6 Å². The van der Waals surface area contributed by atoms with Crippen molar-refractivity contribution in [2.45, 2.75) is 24.6 Å². The average molecular weight is 402 g/mol. The first-order valence-electron chi connectivity index (χ1n) is 8.76. The number of hydrogen-bond acceptors (Lipinski definition) is 9. The second-order valence-electron chi connectivity index (χ2n) is 6.67. The molecule has 5 N–H and O–H groups in total. The minimum Gasteiger partial charge on any atom is -0.508 e. The predicted molar refractivity (Wildman–Crippen MR) is 99.6 cm³/mol. The number of phenols is 2. The zero-order valence-electron chi connectivity index (χ0n) is 14.9. The van der Waals surface area contributed by atoms with Crippen LogP contribution in [0.25, 0.3) is 22.1 Å². The highest BCUT2D eigenvalue weighted by molar-refractivity contribution is 5.88. The molecule has 2 aromatic carbocycles. The molecule has 3 aromatic rings. The van der Waals surface area contributed by atoms with E-state index in [0.717, 1.165) is 6.07 Å². The van der Waals surface area contributed by atoms with Crippen molar-refractivity contribution in [2.75, 3.05) is 6.61 Å². The van der Waals surface area contributed by atoms with Gasteiger partial charge in [0.15, 0.2) is 0 Å². The van der Waals surface area contributed by atoms with Crippen molar-refractivity contribution in [2.24, 2.45) is 0 Å². The van der Waals surface area contributed by atoms with E-state index >= 15 is 0 Å². The van der Waals surface area contributed by atoms with E-state index in [4.69, 9.17) is 19.0 Å². The molecular weight excluding hydrogens is 384 g/mol. The number of phenolic OH excluding ortho intramolecular Hbond substituents is 2. The van der Waals surface area contributed by atoms with Gasteiger partial charge < -0.3 is 39.4 Å². The van der Waals surface area contributed by atoms with Gasteiger partial charge in [0.05, 0.1) is 12.2 Å². The summed E-state index contributed by atoms with van der Waals surface area (Å²) in [5.74, 6) is -0.307. The van der Waals surface area contributed by atoms with E-state index in [1.165, 1.54) is 24.5 Å². The third-order valence-corrected chi connectivity index (χ3v) is 4.76. The third kappa shape index (κ3) is 3.40. The molecule has 9 nitrogen and oxygen atoms in total. The Balaban J connectivity index is 1.60. The van der Waals surface area contributed by atoms with Gasteiger partial charge in [0.1, 0.15) is 52.8 Å². The number of aliphatic hydroxyl groups excluding tert-OH is 3. The Morgan fingerprint density at radius 3 is 2.41 bits per heavy atom. The van der Waals surface area contributed by atoms with Crippen LogP contribution in [0.5, 0.6) is 17.2 Å². The van der Waals surface area contributed by atoms with Crippen molar-refractivity contribution >= 4 is 11.0 Å². The summed E-state index contributed by atoms with van der Waals surface area (Å²) < 4.78 is 16.1. The first-order chi connectivity index (χ1) is 13.9. The fourth-order valence-electron chi connectivity index (χ4n) is 3.23. The molecule has 0 aliphatic carbocycles. The molecule has 4 atom stereocenters. The lowest BCUT2D eigenvalue weighted by molar-refractivity contribution is -0.116. The van der Waals surface area contributed by atoms with Gasteiger partial charge in [0, 0.05) is 12.1 Å².